The van der Waals surface area contributed by atoms with Crippen molar-refractivity contribution in [2.75, 3.05) is 5.32 Å². The lowest BCUT2D eigenvalue weighted by molar-refractivity contribution is 0.0698. The molecular formula is C15H19BrN2O3. The average Bonchev–Trinajstić information content (AvgIpc) is 2.74. The minimum Gasteiger partial charge on any atom is -0.478 e. The number of carbonyl (C=O) groups is 2. The van der Waals surface area contributed by atoms with Gasteiger partial charge in [-0.1, -0.05) is 33.8 Å². The SMILES string of the molecule is CC1(C)C(NC(=O)Nc2c(Br)cccc2C(=O)O)C1(C)C. The molecule has 0 atom stereocenters. The molecule has 6 heteroatoms. The van der Waals surface area contributed by atoms with E-state index in [0.717, 1.165) is 0 Å². The number of carboxylic acid groups (broad SMARTS) is 1. The van der Waals surface area contributed by atoms with Gasteiger partial charge >= 0.3 is 12.0 Å². The minimum atomic E-state index is -1.08. The number of nitrogens with one attached hydrogen (secondary N) is 2. The molecule has 0 heterocycles. The Kier molecular flexibility index (Phi) is 3.78. The van der Waals surface area contributed by atoms with E-state index >= 15 is 0 Å². The molecule has 1 saturated carbocycles. The topological polar surface area (TPSA) is 78.4 Å². The third kappa shape index (κ3) is 2.64. The molecule has 0 spiro atoms. The number of anilines is 1. The van der Waals surface area contributed by atoms with E-state index in [1.807, 2.05) is 0 Å². The van der Waals surface area contributed by atoms with Gasteiger partial charge in [-0.2, -0.15) is 0 Å². The molecule has 5 nitrogen and oxygen atoms in total. The summed E-state index contributed by atoms with van der Waals surface area (Å²) in [7, 11) is 0. The predicted molar refractivity (Wildman–Crippen MR) is 84.6 cm³/mol. The number of aromatic carboxylic acids is 1. The van der Waals surface area contributed by atoms with Crippen molar-refractivity contribution in [3.05, 3.63) is 28.2 Å². The number of benzene rings is 1. The summed E-state index contributed by atoms with van der Waals surface area (Å²) in [6, 6.07) is 4.42. The first-order valence-corrected chi connectivity index (χ1v) is 7.47. The summed E-state index contributed by atoms with van der Waals surface area (Å²) in [4.78, 5) is 23.3. The van der Waals surface area contributed by atoms with Crippen molar-refractivity contribution >= 4 is 33.6 Å². The molecule has 0 unspecified atom stereocenters. The van der Waals surface area contributed by atoms with Gasteiger partial charge in [0.2, 0.25) is 0 Å². The van der Waals surface area contributed by atoms with Gasteiger partial charge in [0.1, 0.15) is 0 Å². The maximum atomic E-state index is 12.1. The van der Waals surface area contributed by atoms with E-state index in [0.29, 0.717) is 4.47 Å². The zero-order chi connectivity index (χ0) is 16.0. The maximum absolute atomic E-state index is 12.1. The van der Waals surface area contributed by atoms with Crippen LogP contribution in [0.1, 0.15) is 38.1 Å². The molecule has 114 valence electrons. The van der Waals surface area contributed by atoms with Crippen LogP contribution in [0.25, 0.3) is 0 Å². The molecule has 1 aromatic rings. The summed E-state index contributed by atoms with van der Waals surface area (Å²) < 4.78 is 0.534. The van der Waals surface area contributed by atoms with E-state index < -0.39 is 12.0 Å². The van der Waals surface area contributed by atoms with Crippen LogP contribution in [0.3, 0.4) is 0 Å². The van der Waals surface area contributed by atoms with Gasteiger partial charge in [-0.05, 0) is 38.9 Å². The van der Waals surface area contributed by atoms with Crippen LogP contribution in [0.5, 0.6) is 0 Å². The molecule has 2 rings (SSSR count). The fourth-order valence-corrected chi connectivity index (χ4v) is 3.13. The fourth-order valence-electron chi connectivity index (χ4n) is 2.67. The van der Waals surface area contributed by atoms with Crippen molar-refractivity contribution in [1.29, 1.82) is 0 Å². The summed E-state index contributed by atoms with van der Waals surface area (Å²) in [5.74, 6) is -1.08. The van der Waals surface area contributed by atoms with Gasteiger partial charge in [0.05, 0.1) is 11.3 Å². The number of hydrogen-bond acceptors (Lipinski definition) is 2. The molecule has 2 amide bonds. The molecule has 3 N–H and O–H groups in total. The van der Waals surface area contributed by atoms with E-state index in [4.69, 9.17) is 0 Å². The molecule has 1 aromatic carbocycles. The van der Waals surface area contributed by atoms with Crippen LogP contribution in [0, 0.1) is 10.8 Å². The molecule has 21 heavy (non-hydrogen) atoms. The summed E-state index contributed by atoms with van der Waals surface area (Å²) in [6.45, 7) is 8.39. The Bertz CT molecular complexity index is 597. The highest BCUT2D eigenvalue weighted by atomic mass is 79.9. The van der Waals surface area contributed by atoms with Gasteiger partial charge in [-0.3, -0.25) is 0 Å². The monoisotopic (exact) mass is 354 g/mol. The summed E-state index contributed by atoms with van der Waals surface area (Å²) in [5, 5.41) is 14.7. The van der Waals surface area contributed by atoms with E-state index in [9.17, 15) is 14.7 Å². The molecular weight excluding hydrogens is 336 g/mol. The highest BCUT2D eigenvalue weighted by molar-refractivity contribution is 9.10. The van der Waals surface area contributed by atoms with E-state index in [-0.39, 0.29) is 28.1 Å². The number of halogens is 1. The van der Waals surface area contributed by atoms with Crippen LogP contribution in [0.4, 0.5) is 10.5 Å². The third-order valence-corrected chi connectivity index (χ3v) is 5.44. The first-order valence-electron chi connectivity index (χ1n) is 6.68. The second-order valence-corrected chi connectivity index (χ2v) is 7.30. The fraction of sp³-hybridized carbons (Fsp3) is 0.467. The van der Waals surface area contributed by atoms with Crippen molar-refractivity contribution < 1.29 is 14.7 Å². The number of amides is 2. The van der Waals surface area contributed by atoms with Gasteiger partial charge in [0.25, 0.3) is 0 Å². The van der Waals surface area contributed by atoms with Crippen molar-refractivity contribution in [2.45, 2.75) is 33.7 Å². The number of para-hydroxylation sites is 1. The second-order valence-electron chi connectivity index (χ2n) is 6.44. The molecule has 1 aliphatic rings. The van der Waals surface area contributed by atoms with Gasteiger partial charge < -0.3 is 15.7 Å². The van der Waals surface area contributed by atoms with E-state index in [1.165, 1.54) is 6.07 Å². The van der Waals surface area contributed by atoms with Gasteiger partial charge in [-0.15, -0.1) is 0 Å². The van der Waals surface area contributed by atoms with Gasteiger partial charge in [0.15, 0.2) is 0 Å². The van der Waals surface area contributed by atoms with Crippen LogP contribution in [-0.4, -0.2) is 23.1 Å². The molecule has 1 aliphatic carbocycles. The third-order valence-electron chi connectivity index (χ3n) is 4.78. The molecule has 0 saturated heterocycles. The first kappa shape index (κ1) is 15.8. The second kappa shape index (κ2) is 5.02. The normalized spacial score (nSPS) is 18.9. The molecule has 0 aliphatic heterocycles. The van der Waals surface area contributed by atoms with Crippen molar-refractivity contribution in [2.24, 2.45) is 10.8 Å². The van der Waals surface area contributed by atoms with Crippen LogP contribution < -0.4 is 10.6 Å². The van der Waals surface area contributed by atoms with Crippen molar-refractivity contribution in [3.8, 4) is 0 Å². The molecule has 0 aromatic heterocycles. The Morgan fingerprint density at radius 3 is 2.24 bits per heavy atom. The average molecular weight is 355 g/mol. The van der Waals surface area contributed by atoms with E-state index in [1.54, 1.807) is 12.1 Å². The van der Waals surface area contributed by atoms with Crippen LogP contribution in [0.2, 0.25) is 0 Å². The zero-order valence-corrected chi connectivity index (χ0v) is 14.0. The largest absolute Gasteiger partial charge is 0.478 e. The number of rotatable bonds is 3. The number of carboxylic acids is 1. The first-order chi connectivity index (χ1) is 9.59. The predicted octanol–water partition coefficient (Wildman–Crippen LogP) is 3.70. The summed E-state index contributed by atoms with van der Waals surface area (Å²) in [6.07, 6.45) is 0. The van der Waals surface area contributed by atoms with Crippen LogP contribution in [-0.2, 0) is 0 Å². The van der Waals surface area contributed by atoms with Crippen LogP contribution in [0.15, 0.2) is 22.7 Å². The highest BCUT2D eigenvalue weighted by Gasteiger charge is 2.65. The van der Waals surface area contributed by atoms with Gasteiger partial charge in [0, 0.05) is 10.5 Å². The minimum absolute atomic E-state index is 0.0217. The quantitative estimate of drug-likeness (QED) is 0.774. The Labute approximate surface area is 132 Å². The van der Waals surface area contributed by atoms with Crippen molar-refractivity contribution in [3.63, 3.8) is 0 Å². The number of carbonyl (C=O) groups excluding carboxylic acids is 1. The zero-order valence-electron chi connectivity index (χ0n) is 12.5. The standard InChI is InChI=1S/C15H19BrN2O3/c1-14(2)12(15(14,3)4)18-13(21)17-10-8(11(19)20)6-5-7-9(10)16/h5-7,12H,1-4H3,(H,19,20)(H2,17,18,21). The number of hydrogen-bond donors (Lipinski definition) is 3. The molecule has 0 bridgehead atoms. The lowest BCUT2D eigenvalue weighted by Gasteiger charge is -2.12. The van der Waals surface area contributed by atoms with Crippen LogP contribution >= 0.6 is 15.9 Å². The summed E-state index contributed by atoms with van der Waals surface area (Å²) >= 11 is 3.26. The molecule has 0 radical (unpaired) electrons. The Hall–Kier alpha value is -1.56. The summed E-state index contributed by atoms with van der Waals surface area (Å²) in [5.41, 5.74) is 0.356. The van der Waals surface area contributed by atoms with E-state index in [2.05, 4.69) is 54.3 Å². The number of urea groups is 1. The molecule has 1 fully saturated rings. The highest BCUT2D eigenvalue weighted by Crippen LogP contribution is 2.62. The smallest absolute Gasteiger partial charge is 0.337 e. The van der Waals surface area contributed by atoms with Gasteiger partial charge in [-0.25, -0.2) is 9.59 Å². The maximum Gasteiger partial charge on any atom is 0.337 e. The lowest BCUT2D eigenvalue weighted by atomic mass is 10.0. The lowest BCUT2D eigenvalue weighted by Crippen LogP contribution is -2.34. The Balaban J connectivity index is 2.13. The van der Waals surface area contributed by atoms with Crippen molar-refractivity contribution in [1.82, 2.24) is 5.32 Å². The Morgan fingerprint density at radius 2 is 1.76 bits per heavy atom. The Morgan fingerprint density at radius 1 is 1.19 bits per heavy atom.